The summed E-state index contributed by atoms with van der Waals surface area (Å²) in [5, 5.41) is 8.98. The largest absolute Gasteiger partial charge is 0.481 e. The topological polar surface area (TPSA) is 95.0 Å². The Bertz CT molecular complexity index is 785. The number of carboxylic acids is 1. The summed E-state index contributed by atoms with van der Waals surface area (Å²) in [7, 11) is -3.47. The molecule has 148 valence electrons. The van der Waals surface area contributed by atoms with Gasteiger partial charge >= 0.3 is 5.97 Å². The predicted octanol–water partition coefficient (Wildman–Crippen LogP) is 1.87. The lowest BCUT2D eigenvalue weighted by atomic mass is 10.1. The molecule has 1 N–H and O–H groups in total. The lowest BCUT2D eigenvalue weighted by molar-refractivity contribution is -0.139. The number of benzene rings is 1. The van der Waals surface area contributed by atoms with E-state index in [9.17, 15) is 18.0 Å². The fourth-order valence-electron chi connectivity index (χ4n) is 3.89. The third-order valence-corrected chi connectivity index (χ3v) is 7.25. The minimum Gasteiger partial charge on any atom is -0.481 e. The Morgan fingerprint density at radius 3 is 2.30 bits per heavy atom. The van der Waals surface area contributed by atoms with Gasteiger partial charge in [-0.15, -0.1) is 0 Å². The molecule has 8 heteroatoms. The average molecular weight is 394 g/mol. The minimum atomic E-state index is -3.47. The fraction of sp³-hybridized carbons (Fsp3) is 0.579. The van der Waals surface area contributed by atoms with Crippen molar-refractivity contribution in [2.24, 2.45) is 0 Å². The Hall–Kier alpha value is -1.93. The van der Waals surface area contributed by atoms with Gasteiger partial charge in [-0.3, -0.25) is 9.59 Å². The molecule has 0 spiro atoms. The number of likely N-dealkylation sites (tertiary alicyclic amines) is 1. The SMILES string of the molecule is O=C(O)CC1CCCN1C(=O)Cc1ccc(S(=O)(=O)N2CCCCC2)cc1. The monoisotopic (exact) mass is 394 g/mol. The summed E-state index contributed by atoms with van der Waals surface area (Å²) in [6.45, 7) is 1.70. The second-order valence-corrected chi connectivity index (χ2v) is 9.20. The summed E-state index contributed by atoms with van der Waals surface area (Å²) in [5.41, 5.74) is 0.735. The van der Waals surface area contributed by atoms with Crippen LogP contribution in [-0.4, -0.2) is 60.3 Å². The second kappa shape index (κ2) is 8.39. The first-order chi connectivity index (χ1) is 12.9. The molecule has 2 heterocycles. The van der Waals surface area contributed by atoms with E-state index in [2.05, 4.69) is 0 Å². The zero-order valence-corrected chi connectivity index (χ0v) is 16.2. The molecule has 2 fully saturated rings. The Balaban J connectivity index is 1.65. The summed E-state index contributed by atoms with van der Waals surface area (Å²) in [6.07, 6.45) is 4.49. The third kappa shape index (κ3) is 4.68. The highest BCUT2D eigenvalue weighted by Gasteiger charge is 2.30. The van der Waals surface area contributed by atoms with Crippen molar-refractivity contribution in [3.63, 3.8) is 0 Å². The quantitative estimate of drug-likeness (QED) is 0.795. The highest BCUT2D eigenvalue weighted by Crippen LogP contribution is 2.23. The van der Waals surface area contributed by atoms with Gasteiger partial charge in [0.05, 0.1) is 17.7 Å². The number of carboxylic acid groups (broad SMARTS) is 1. The van der Waals surface area contributed by atoms with E-state index in [1.165, 1.54) is 4.31 Å². The molecule has 0 bridgehead atoms. The number of amides is 1. The molecule has 0 aromatic heterocycles. The number of hydrogen-bond acceptors (Lipinski definition) is 4. The van der Waals surface area contributed by atoms with Gasteiger partial charge in [-0.2, -0.15) is 4.31 Å². The van der Waals surface area contributed by atoms with E-state index in [1.54, 1.807) is 29.2 Å². The number of nitrogens with zero attached hydrogens (tertiary/aromatic N) is 2. The van der Waals surface area contributed by atoms with Crippen LogP contribution in [0.25, 0.3) is 0 Å². The summed E-state index contributed by atoms with van der Waals surface area (Å²) < 4.78 is 26.9. The van der Waals surface area contributed by atoms with Crippen molar-refractivity contribution in [1.82, 2.24) is 9.21 Å². The van der Waals surface area contributed by atoms with Crippen molar-refractivity contribution >= 4 is 21.9 Å². The molecule has 1 aromatic carbocycles. The molecule has 2 aliphatic rings. The second-order valence-electron chi connectivity index (χ2n) is 7.27. The van der Waals surface area contributed by atoms with E-state index >= 15 is 0 Å². The first-order valence-corrected chi connectivity index (χ1v) is 10.9. The van der Waals surface area contributed by atoms with Gasteiger partial charge in [0.15, 0.2) is 0 Å². The molecule has 0 radical (unpaired) electrons. The minimum absolute atomic E-state index is 0.0290. The highest BCUT2D eigenvalue weighted by atomic mass is 32.2. The van der Waals surface area contributed by atoms with Crippen LogP contribution in [0.15, 0.2) is 29.2 Å². The number of piperidine rings is 1. The zero-order chi connectivity index (χ0) is 19.4. The van der Waals surface area contributed by atoms with Crippen LogP contribution in [0.5, 0.6) is 0 Å². The third-order valence-electron chi connectivity index (χ3n) is 5.34. The number of rotatable bonds is 6. The molecule has 1 atom stereocenters. The van der Waals surface area contributed by atoms with E-state index in [-0.39, 0.29) is 29.7 Å². The van der Waals surface area contributed by atoms with Gasteiger partial charge in [0.25, 0.3) is 0 Å². The Morgan fingerprint density at radius 1 is 1.00 bits per heavy atom. The number of sulfonamides is 1. The smallest absolute Gasteiger partial charge is 0.305 e. The number of carbonyl (C=O) groups excluding carboxylic acids is 1. The van der Waals surface area contributed by atoms with Crippen molar-refractivity contribution in [3.05, 3.63) is 29.8 Å². The van der Waals surface area contributed by atoms with Crippen molar-refractivity contribution in [1.29, 1.82) is 0 Å². The summed E-state index contributed by atoms with van der Waals surface area (Å²) >= 11 is 0. The van der Waals surface area contributed by atoms with Crippen LogP contribution in [0.2, 0.25) is 0 Å². The van der Waals surface area contributed by atoms with Gasteiger partial charge in [-0.1, -0.05) is 18.6 Å². The molecule has 27 heavy (non-hydrogen) atoms. The predicted molar refractivity (Wildman–Crippen MR) is 99.7 cm³/mol. The lowest BCUT2D eigenvalue weighted by Crippen LogP contribution is -2.37. The van der Waals surface area contributed by atoms with Gasteiger partial charge in [-0.05, 0) is 43.4 Å². The Morgan fingerprint density at radius 2 is 1.67 bits per heavy atom. The van der Waals surface area contributed by atoms with Gasteiger partial charge in [0, 0.05) is 25.7 Å². The van der Waals surface area contributed by atoms with Gasteiger partial charge in [-0.25, -0.2) is 8.42 Å². The van der Waals surface area contributed by atoms with E-state index in [4.69, 9.17) is 5.11 Å². The first-order valence-electron chi connectivity index (χ1n) is 9.48. The molecule has 1 unspecified atom stereocenters. The first kappa shape index (κ1) is 19.8. The molecule has 2 saturated heterocycles. The number of hydrogen-bond donors (Lipinski definition) is 1. The zero-order valence-electron chi connectivity index (χ0n) is 15.3. The van der Waals surface area contributed by atoms with Gasteiger partial charge in [0.2, 0.25) is 15.9 Å². The average Bonchev–Trinajstić information content (AvgIpc) is 3.10. The van der Waals surface area contributed by atoms with E-state index in [0.29, 0.717) is 26.1 Å². The maximum Gasteiger partial charge on any atom is 0.305 e. The van der Waals surface area contributed by atoms with Crippen molar-refractivity contribution in [2.75, 3.05) is 19.6 Å². The maximum atomic E-state index is 12.7. The molecular weight excluding hydrogens is 368 g/mol. The fourth-order valence-corrected chi connectivity index (χ4v) is 5.40. The number of aliphatic carboxylic acids is 1. The maximum absolute atomic E-state index is 12.7. The van der Waals surface area contributed by atoms with Gasteiger partial charge < -0.3 is 10.0 Å². The summed E-state index contributed by atoms with van der Waals surface area (Å²) in [5.74, 6) is -1.00. The van der Waals surface area contributed by atoms with E-state index < -0.39 is 16.0 Å². The van der Waals surface area contributed by atoms with Crippen molar-refractivity contribution < 1.29 is 23.1 Å². The van der Waals surface area contributed by atoms with Crippen LogP contribution in [0.3, 0.4) is 0 Å². The molecule has 0 saturated carbocycles. The van der Waals surface area contributed by atoms with E-state index in [1.807, 2.05) is 0 Å². The summed E-state index contributed by atoms with van der Waals surface area (Å²) in [6, 6.07) is 6.23. The molecule has 7 nitrogen and oxygen atoms in total. The van der Waals surface area contributed by atoms with Crippen LogP contribution in [0, 0.1) is 0 Å². The highest BCUT2D eigenvalue weighted by molar-refractivity contribution is 7.89. The molecule has 2 aliphatic heterocycles. The van der Waals surface area contributed by atoms with E-state index in [0.717, 1.165) is 31.2 Å². The van der Waals surface area contributed by atoms with Crippen LogP contribution < -0.4 is 0 Å². The normalized spacial score (nSPS) is 21.3. The molecule has 1 aromatic rings. The van der Waals surface area contributed by atoms with Crippen molar-refractivity contribution in [3.8, 4) is 0 Å². The van der Waals surface area contributed by atoms with Crippen LogP contribution in [-0.2, 0) is 26.0 Å². The molecule has 3 rings (SSSR count). The number of carbonyl (C=O) groups is 2. The Labute approximate surface area is 160 Å². The van der Waals surface area contributed by atoms with Crippen LogP contribution >= 0.6 is 0 Å². The van der Waals surface area contributed by atoms with Crippen molar-refractivity contribution in [2.45, 2.75) is 55.9 Å². The van der Waals surface area contributed by atoms with Crippen LogP contribution in [0.4, 0.5) is 0 Å². The van der Waals surface area contributed by atoms with Gasteiger partial charge in [0.1, 0.15) is 0 Å². The standard InChI is InChI=1S/C19H26N2O5S/c22-18(21-12-4-5-16(21)14-19(23)24)13-15-6-8-17(9-7-15)27(25,26)20-10-2-1-3-11-20/h6-9,16H,1-5,10-14H2,(H,23,24). The van der Waals surface area contributed by atoms with Crippen LogP contribution in [0.1, 0.15) is 44.1 Å². The summed E-state index contributed by atoms with van der Waals surface area (Å²) in [4.78, 5) is 25.4. The molecule has 1 amide bonds. The Kier molecular flexibility index (Phi) is 6.16. The molecular formula is C19H26N2O5S. The lowest BCUT2D eigenvalue weighted by Gasteiger charge is -2.26. The molecule has 0 aliphatic carbocycles.